The molecule has 0 N–H and O–H groups in total. The van der Waals surface area contributed by atoms with E-state index in [2.05, 4.69) is 52.0 Å². The molecule has 0 atom stereocenters. The third kappa shape index (κ3) is 5.08. The van der Waals surface area contributed by atoms with E-state index in [1.165, 1.54) is 55.2 Å². The first-order valence-corrected chi connectivity index (χ1v) is 7.45. The summed E-state index contributed by atoms with van der Waals surface area (Å²) in [7, 11) is 0. The first-order valence-electron chi connectivity index (χ1n) is 7.45. The monoisotopic (exact) mass is 244 g/mol. The molecule has 0 spiro atoms. The Hall–Kier alpha value is -1.04. The lowest BCUT2D eigenvalue weighted by Crippen LogP contribution is -1.89. The Morgan fingerprint density at radius 3 is 2.11 bits per heavy atom. The number of hydrogen-bond acceptors (Lipinski definition) is 0. The van der Waals surface area contributed by atoms with E-state index < -0.39 is 0 Å². The van der Waals surface area contributed by atoms with Crippen molar-refractivity contribution in [1.29, 1.82) is 0 Å². The van der Waals surface area contributed by atoms with Gasteiger partial charge in [-0.1, -0.05) is 68.5 Å². The summed E-state index contributed by atoms with van der Waals surface area (Å²) >= 11 is 0. The van der Waals surface area contributed by atoms with Gasteiger partial charge in [-0.3, -0.25) is 0 Å². The van der Waals surface area contributed by atoms with Crippen molar-refractivity contribution in [3.8, 4) is 0 Å². The maximum absolute atomic E-state index is 2.47. The van der Waals surface area contributed by atoms with Crippen molar-refractivity contribution >= 4 is 5.57 Å². The molecule has 1 aromatic rings. The van der Waals surface area contributed by atoms with Crippen LogP contribution in [0.3, 0.4) is 0 Å². The van der Waals surface area contributed by atoms with E-state index >= 15 is 0 Å². The van der Waals surface area contributed by atoms with E-state index in [0.717, 1.165) is 0 Å². The summed E-state index contributed by atoms with van der Waals surface area (Å²) in [4.78, 5) is 0. The molecule has 0 aliphatic rings. The Kier molecular flexibility index (Phi) is 6.78. The zero-order valence-electron chi connectivity index (χ0n) is 12.6. The zero-order valence-corrected chi connectivity index (χ0v) is 12.6. The summed E-state index contributed by atoms with van der Waals surface area (Å²) in [6, 6.07) is 6.92. The van der Waals surface area contributed by atoms with Crippen LogP contribution in [0.5, 0.6) is 0 Å². The van der Waals surface area contributed by atoms with Gasteiger partial charge in [0.05, 0.1) is 0 Å². The largest absolute Gasteiger partial charge is 0.0807 e. The lowest BCUT2D eigenvalue weighted by Gasteiger charge is -2.10. The second-order valence-corrected chi connectivity index (χ2v) is 5.35. The van der Waals surface area contributed by atoms with Gasteiger partial charge in [0.1, 0.15) is 0 Å². The Morgan fingerprint density at radius 2 is 1.56 bits per heavy atom. The summed E-state index contributed by atoms with van der Waals surface area (Å²) in [6.07, 6.45) is 10.1. The lowest BCUT2D eigenvalue weighted by atomic mass is 9.95. The molecule has 0 aliphatic carbocycles. The summed E-state index contributed by atoms with van der Waals surface area (Å²) in [5.41, 5.74) is 5.75. The van der Waals surface area contributed by atoms with Crippen LogP contribution >= 0.6 is 0 Å². The van der Waals surface area contributed by atoms with Gasteiger partial charge < -0.3 is 0 Å². The number of benzene rings is 1. The minimum Gasteiger partial charge on any atom is -0.0807 e. The summed E-state index contributed by atoms with van der Waals surface area (Å²) in [6.45, 7) is 8.92. The molecule has 1 aromatic carbocycles. The molecule has 0 fully saturated rings. The Balaban J connectivity index is 2.89. The molecular weight excluding hydrogens is 216 g/mol. The second-order valence-electron chi connectivity index (χ2n) is 5.35. The third-order valence-electron chi connectivity index (χ3n) is 3.34. The van der Waals surface area contributed by atoms with E-state index in [4.69, 9.17) is 0 Å². The van der Waals surface area contributed by atoms with Gasteiger partial charge in [-0.15, -0.1) is 0 Å². The standard InChI is InChI=1S/C18H28/c1-5-7-9-11-17(10-8-6-2)18-13-15(3)12-16(4)14-18/h11-14H,5-10H2,1-4H3/b17-11+. The Labute approximate surface area is 113 Å². The van der Waals surface area contributed by atoms with Gasteiger partial charge in [0.2, 0.25) is 0 Å². The predicted octanol–water partition coefficient (Wildman–Crippen LogP) is 6.07. The van der Waals surface area contributed by atoms with Gasteiger partial charge in [0.15, 0.2) is 0 Å². The van der Waals surface area contributed by atoms with Crippen LogP contribution in [0.25, 0.3) is 5.57 Å². The SMILES string of the molecule is CCCC/C=C(\CCCC)c1cc(C)cc(C)c1. The number of aryl methyl sites for hydroxylation is 2. The number of hydrogen-bond donors (Lipinski definition) is 0. The molecule has 0 heterocycles. The van der Waals surface area contributed by atoms with Crippen molar-refractivity contribution in [2.45, 2.75) is 66.2 Å². The van der Waals surface area contributed by atoms with E-state index in [1.807, 2.05) is 0 Å². The first kappa shape index (κ1) is 15.0. The quantitative estimate of drug-likeness (QED) is 0.511. The lowest BCUT2D eigenvalue weighted by molar-refractivity contribution is 0.800. The molecule has 0 nitrogen and oxygen atoms in total. The first-order chi connectivity index (χ1) is 8.67. The molecule has 0 saturated heterocycles. The Bertz CT molecular complexity index is 365. The summed E-state index contributed by atoms with van der Waals surface area (Å²) in [5, 5.41) is 0. The van der Waals surface area contributed by atoms with E-state index in [9.17, 15) is 0 Å². The van der Waals surface area contributed by atoms with Crippen LogP contribution in [-0.2, 0) is 0 Å². The van der Waals surface area contributed by atoms with Crippen LogP contribution in [0.1, 0.15) is 69.1 Å². The minimum absolute atomic E-state index is 1.22. The highest BCUT2D eigenvalue weighted by Crippen LogP contribution is 2.24. The fraction of sp³-hybridized carbons (Fsp3) is 0.556. The molecule has 0 saturated carbocycles. The molecule has 0 radical (unpaired) electrons. The maximum Gasteiger partial charge on any atom is -0.0222 e. The molecule has 1 rings (SSSR count). The Morgan fingerprint density at radius 1 is 0.944 bits per heavy atom. The number of allylic oxidation sites excluding steroid dienone is 2. The van der Waals surface area contributed by atoms with Crippen LogP contribution in [0, 0.1) is 13.8 Å². The van der Waals surface area contributed by atoms with Crippen molar-refractivity contribution in [2.24, 2.45) is 0 Å². The fourth-order valence-electron chi connectivity index (χ4n) is 2.37. The highest BCUT2D eigenvalue weighted by Gasteiger charge is 2.03. The van der Waals surface area contributed by atoms with Gasteiger partial charge in [-0.25, -0.2) is 0 Å². The molecule has 0 bridgehead atoms. The molecule has 0 heteroatoms. The van der Waals surface area contributed by atoms with Gasteiger partial charge in [-0.2, -0.15) is 0 Å². The van der Waals surface area contributed by atoms with Crippen LogP contribution in [0.4, 0.5) is 0 Å². The molecule has 100 valence electrons. The highest BCUT2D eigenvalue weighted by atomic mass is 14.1. The normalized spacial score (nSPS) is 11.9. The summed E-state index contributed by atoms with van der Waals surface area (Å²) < 4.78 is 0. The van der Waals surface area contributed by atoms with E-state index in [-0.39, 0.29) is 0 Å². The van der Waals surface area contributed by atoms with Crippen molar-refractivity contribution < 1.29 is 0 Å². The molecule has 0 aliphatic heterocycles. The van der Waals surface area contributed by atoms with Crippen molar-refractivity contribution in [3.63, 3.8) is 0 Å². The van der Waals surface area contributed by atoms with Crippen molar-refractivity contribution in [1.82, 2.24) is 0 Å². The van der Waals surface area contributed by atoms with Gasteiger partial charge in [0, 0.05) is 0 Å². The number of unbranched alkanes of at least 4 members (excludes halogenated alkanes) is 3. The topological polar surface area (TPSA) is 0 Å². The minimum atomic E-state index is 1.22. The second kappa shape index (κ2) is 8.13. The molecule has 0 unspecified atom stereocenters. The highest BCUT2D eigenvalue weighted by molar-refractivity contribution is 5.66. The average Bonchev–Trinajstić information content (AvgIpc) is 2.32. The van der Waals surface area contributed by atoms with Crippen LogP contribution < -0.4 is 0 Å². The van der Waals surface area contributed by atoms with Crippen molar-refractivity contribution in [3.05, 3.63) is 41.0 Å². The maximum atomic E-state index is 2.47. The zero-order chi connectivity index (χ0) is 13.4. The molecule has 0 amide bonds. The fourth-order valence-corrected chi connectivity index (χ4v) is 2.37. The van der Waals surface area contributed by atoms with Crippen LogP contribution in [0.15, 0.2) is 24.3 Å². The molecular formula is C18H28. The van der Waals surface area contributed by atoms with Gasteiger partial charge in [-0.05, 0) is 44.2 Å². The van der Waals surface area contributed by atoms with Gasteiger partial charge >= 0.3 is 0 Å². The predicted molar refractivity (Wildman–Crippen MR) is 82.9 cm³/mol. The van der Waals surface area contributed by atoms with Crippen LogP contribution in [0.2, 0.25) is 0 Å². The van der Waals surface area contributed by atoms with Crippen LogP contribution in [-0.4, -0.2) is 0 Å². The van der Waals surface area contributed by atoms with E-state index in [1.54, 1.807) is 5.57 Å². The number of rotatable bonds is 7. The third-order valence-corrected chi connectivity index (χ3v) is 3.34. The van der Waals surface area contributed by atoms with Crippen molar-refractivity contribution in [2.75, 3.05) is 0 Å². The smallest absolute Gasteiger partial charge is 0.0222 e. The molecule has 18 heavy (non-hydrogen) atoms. The van der Waals surface area contributed by atoms with Gasteiger partial charge in [0.25, 0.3) is 0 Å². The average molecular weight is 244 g/mol. The molecule has 0 aromatic heterocycles. The summed E-state index contributed by atoms with van der Waals surface area (Å²) in [5.74, 6) is 0. The van der Waals surface area contributed by atoms with E-state index in [0.29, 0.717) is 0 Å².